The van der Waals surface area contributed by atoms with Crippen molar-refractivity contribution >= 4 is 12.2 Å². The third kappa shape index (κ3) is 1.62. The minimum absolute atomic E-state index is 0.704. The van der Waals surface area contributed by atoms with Crippen LogP contribution in [0.2, 0.25) is 0 Å². The molecule has 0 radical (unpaired) electrons. The fourth-order valence-electron chi connectivity index (χ4n) is 3.25. The van der Waals surface area contributed by atoms with Crippen LogP contribution in [0.1, 0.15) is 25.0 Å². The van der Waals surface area contributed by atoms with Crippen molar-refractivity contribution in [3.63, 3.8) is 0 Å². The van der Waals surface area contributed by atoms with Crippen LogP contribution in [0.5, 0.6) is 0 Å². The molecule has 3 heterocycles. The Balaban J connectivity index is 2.02. The fourth-order valence-corrected chi connectivity index (χ4v) is 3.51. The van der Waals surface area contributed by atoms with Crippen LogP contribution >= 0.6 is 12.2 Å². The van der Waals surface area contributed by atoms with E-state index in [-0.39, 0.29) is 0 Å². The Labute approximate surface area is 102 Å². The summed E-state index contributed by atoms with van der Waals surface area (Å²) in [5, 5.41) is 0. The molecule has 2 aliphatic rings. The van der Waals surface area contributed by atoms with Crippen LogP contribution in [0, 0.1) is 10.6 Å². The predicted molar refractivity (Wildman–Crippen MR) is 68.2 cm³/mol. The predicted octanol–water partition coefficient (Wildman–Crippen LogP) is 2.66. The highest BCUT2D eigenvalue weighted by atomic mass is 32.1. The second-order valence-electron chi connectivity index (χ2n) is 5.05. The summed E-state index contributed by atoms with van der Waals surface area (Å²) in [7, 11) is 0. The number of aromatic nitrogens is 1. The van der Waals surface area contributed by atoms with Gasteiger partial charge in [0.2, 0.25) is 0 Å². The maximum Gasteiger partial charge on any atom is 0.106 e. The number of piperidine rings is 1. The third-order valence-electron chi connectivity index (χ3n) is 4.00. The molecule has 1 aromatic heterocycles. The highest BCUT2D eigenvalue weighted by Gasteiger charge is 2.33. The van der Waals surface area contributed by atoms with Crippen LogP contribution in [0.4, 0.5) is 0 Å². The van der Waals surface area contributed by atoms with Crippen LogP contribution in [0.3, 0.4) is 0 Å². The molecule has 2 nitrogen and oxygen atoms in total. The van der Waals surface area contributed by atoms with Gasteiger partial charge < -0.3 is 9.47 Å². The van der Waals surface area contributed by atoms with Crippen molar-refractivity contribution in [1.29, 1.82) is 0 Å². The summed E-state index contributed by atoms with van der Waals surface area (Å²) in [4.78, 5) is 2.58. The van der Waals surface area contributed by atoms with Gasteiger partial charge in [0.25, 0.3) is 0 Å². The Kier molecular flexibility index (Phi) is 2.60. The molecule has 16 heavy (non-hydrogen) atoms. The van der Waals surface area contributed by atoms with Gasteiger partial charge in [-0.1, -0.05) is 25.2 Å². The molecule has 0 aliphatic carbocycles. The summed E-state index contributed by atoms with van der Waals surface area (Å²) in [6, 6.07) is 6.42. The molecule has 0 unspecified atom stereocenters. The molecule has 2 atom stereocenters. The topological polar surface area (TPSA) is 8.17 Å². The van der Waals surface area contributed by atoms with E-state index < -0.39 is 0 Å². The third-order valence-corrected chi connectivity index (χ3v) is 4.36. The van der Waals surface area contributed by atoms with Crippen LogP contribution in [-0.2, 0) is 6.54 Å². The lowest BCUT2D eigenvalue weighted by Gasteiger charge is -2.42. The smallest absolute Gasteiger partial charge is 0.106 e. The lowest BCUT2D eigenvalue weighted by atomic mass is 9.83. The molecule has 0 spiro atoms. The Hall–Kier alpha value is -0.670. The molecule has 0 N–H and O–H groups in total. The number of likely N-dealkylation sites (N-methyl/N-ethyl adjacent to an activating group) is 1. The van der Waals surface area contributed by atoms with E-state index in [2.05, 4.69) is 34.6 Å². The van der Waals surface area contributed by atoms with E-state index in [9.17, 15) is 0 Å². The van der Waals surface area contributed by atoms with Gasteiger partial charge in [-0.05, 0) is 31.0 Å². The molecular weight excluding hydrogens is 216 g/mol. The van der Waals surface area contributed by atoms with Gasteiger partial charge in [0.15, 0.2) is 0 Å². The van der Waals surface area contributed by atoms with Crippen molar-refractivity contribution in [2.45, 2.75) is 25.8 Å². The zero-order valence-electron chi connectivity index (χ0n) is 9.72. The zero-order chi connectivity index (χ0) is 11.1. The first-order valence-corrected chi connectivity index (χ1v) is 6.61. The van der Waals surface area contributed by atoms with E-state index in [1.165, 1.54) is 31.7 Å². The van der Waals surface area contributed by atoms with Gasteiger partial charge >= 0.3 is 0 Å². The highest BCUT2D eigenvalue weighted by molar-refractivity contribution is 7.71. The second kappa shape index (κ2) is 3.97. The molecule has 0 aromatic carbocycles. The first-order valence-electron chi connectivity index (χ1n) is 6.20. The van der Waals surface area contributed by atoms with Gasteiger partial charge in [0.05, 0.1) is 0 Å². The average Bonchev–Trinajstić information content (AvgIpc) is 2.30. The van der Waals surface area contributed by atoms with E-state index >= 15 is 0 Å². The zero-order valence-corrected chi connectivity index (χ0v) is 10.5. The van der Waals surface area contributed by atoms with Crippen molar-refractivity contribution in [1.82, 2.24) is 9.47 Å². The number of likely N-dealkylation sites (tertiary alicyclic amines) is 1. The minimum atomic E-state index is 0.704. The van der Waals surface area contributed by atoms with E-state index in [4.69, 9.17) is 12.2 Å². The monoisotopic (exact) mass is 234 g/mol. The lowest BCUT2D eigenvalue weighted by molar-refractivity contribution is 0.126. The average molecular weight is 234 g/mol. The molecule has 3 rings (SSSR count). The molecule has 0 saturated carbocycles. The number of hydrogen-bond donors (Lipinski definition) is 0. The first kappa shape index (κ1) is 10.5. The lowest BCUT2D eigenvalue weighted by Crippen LogP contribution is -2.44. The van der Waals surface area contributed by atoms with E-state index in [1.807, 2.05) is 0 Å². The molecular formula is C13H18N2S. The summed E-state index contributed by atoms with van der Waals surface area (Å²) in [6.07, 6.45) is 1.36. The SMILES string of the molecule is CCN1C[C@@H]2C[C@H](C1)c1cccc(=S)n1C2. The second-order valence-corrected chi connectivity index (χ2v) is 5.47. The summed E-state index contributed by atoms with van der Waals surface area (Å²) in [5.41, 5.74) is 1.46. The highest BCUT2D eigenvalue weighted by Crippen LogP contribution is 2.35. The molecule has 2 aliphatic heterocycles. The van der Waals surface area contributed by atoms with Crippen LogP contribution in [0.25, 0.3) is 0 Å². The number of hydrogen-bond acceptors (Lipinski definition) is 2. The van der Waals surface area contributed by atoms with Gasteiger partial charge in [-0.15, -0.1) is 0 Å². The molecule has 1 saturated heterocycles. The number of fused-ring (bicyclic) bond motifs is 4. The van der Waals surface area contributed by atoms with Gasteiger partial charge in [0.1, 0.15) is 4.64 Å². The Morgan fingerprint density at radius 3 is 3.00 bits per heavy atom. The van der Waals surface area contributed by atoms with Gasteiger partial charge in [-0.2, -0.15) is 0 Å². The standard InChI is InChI=1S/C13H18N2S/c1-2-14-7-10-6-11(9-14)12-4-3-5-13(16)15(12)8-10/h3-5,10-11H,2,6-9H2,1H3/t10-,11+/m0/s1. The largest absolute Gasteiger partial charge is 0.336 e. The van der Waals surface area contributed by atoms with E-state index in [0.717, 1.165) is 17.1 Å². The first-order chi connectivity index (χ1) is 7.78. The molecule has 1 aromatic rings. The van der Waals surface area contributed by atoms with E-state index in [0.29, 0.717) is 5.92 Å². The maximum atomic E-state index is 5.42. The summed E-state index contributed by atoms with van der Waals surface area (Å²) < 4.78 is 3.37. The Morgan fingerprint density at radius 1 is 1.31 bits per heavy atom. The minimum Gasteiger partial charge on any atom is -0.336 e. The van der Waals surface area contributed by atoms with Crippen molar-refractivity contribution in [2.75, 3.05) is 19.6 Å². The number of rotatable bonds is 1. The van der Waals surface area contributed by atoms with E-state index in [1.54, 1.807) is 0 Å². The van der Waals surface area contributed by atoms with Crippen molar-refractivity contribution in [2.24, 2.45) is 5.92 Å². The maximum absolute atomic E-state index is 5.42. The van der Waals surface area contributed by atoms with Crippen molar-refractivity contribution < 1.29 is 0 Å². The van der Waals surface area contributed by atoms with Gasteiger partial charge in [0, 0.05) is 31.2 Å². The summed E-state index contributed by atoms with van der Waals surface area (Å²) in [5.74, 6) is 1.51. The molecule has 86 valence electrons. The quantitative estimate of drug-likeness (QED) is 0.690. The van der Waals surface area contributed by atoms with Gasteiger partial charge in [-0.3, -0.25) is 0 Å². The van der Waals surface area contributed by atoms with Crippen LogP contribution in [-0.4, -0.2) is 29.1 Å². The molecule has 3 heteroatoms. The fraction of sp³-hybridized carbons (Fsp3) is 0.615. The van der Waals surface area contributed by atoms with Crippen LogP contribution < -0.4 is 0 Å². The Morgan fingerprint density at radius 2 is 2.19 bits per heavy atom. The van der Waals surface area contributed by atoms with Gasteiger partial charge in [-0.25, -0.2) is 0 Å². The summed E-state index contributed by atoms with van der Waals surface area (Å²) >= 11 is 5.42. The number of nitrogens with zero attached hydrogens (tertiary/aromatic N) is 2. The van der Waals surface area contributed by atoms with Crippen LogP contribution in [0.15, 0.2) is 18.2 Å². The molecule has 1 fully saturated rings. The summed E-state index contributed by atoms with van der Waals surface area (Å²) in [6.45, 7) is 7.04. The van der Waals surface area contributed by atoms with Crippen molar-refractivity contribution in [3.05, 3.63) is 28.5 Å². The van der Waals surface area contributed by atoms with Crippen molar-refractivity contribution in [3.8, 4) is 0 Å². The number of pyridine rings is 1. The molecule has 0 amide bonds. The Bertz CT molecular complexity index is 451. The normalized spacial score (nSPS) is 28.8. The molecule has 2 bridgehead atoms.